The highest BCUT2D eigenvalue weighted by Crippen LogP contribution is 2.14. The van der Waals surface area contributed by atoms with Crippen molar-refractivity contribution in [3.63, 3.8) is 0 Å². The van der Waals surface area contributed by atoms with Crippen molar-refractivity contribution in [1.29, 1.82) is 0 Å². The van der Waals surface area contributed by atoms with Gasteiger partial charge in [0.2, 0.25) is 11.8 Å². The predicted octanol–water partition coefficient (Wildman–Crippen LogP) is 3.44. The molecule has 0 saturated heterocycles. The van der Waals surface area contributed by atoms with Gasteiger partial charge in [0.25, 0.3) is 0 Å². The van der Waals surface area contributed by atoms with Crippen LogP contribution in [0.4, 0.5) is 0 Å². The standard InChI is InChI=1S/C21H25ClN2O3/c1-15(24(16(2)25)14-18-4-8-19(22)9-5-18)21(26)23-13-12-17-6-10-20(27-3)11-7-17/h4-11,15H,12-14H2,1-3H3,(H,23,26)/t15-/m1/s1. The second-order valence-corrected chi connectivity index (χ2v) is 6.77. The van der Waals surface area contributed by atoms with Crippen LogP contribution in [-0.2, 0) is 22.6 Å². The largest absolute Gasteiger partial charge is 0.497 e. The van der Waals surface area contributed by atoms with E-state index in [1.54, 1.807) is 31.1 Å². The third-order valence-electron chi connectivity index (χ3n) is 4.39. The number of methoxy groups -OCH3 is 1. The third-order valence-corrected chi connectivity index (χ3v) is 4.64. The SMILES string of the molecule is COc1ccc(CCNC(=O)[C@@H](C)N(Cc2ccc(Cl)cc2)C(C)=O)cc1. The van der Waals surface area contributed by atoms with E-state index in [0.29, 0.717) is 24.5 Å². The van der Waals surface area contributed by atoms with Crippen LogP contribution in [-0.4, -0.2) is 36.4 Å². The smallest absolute Gasteiger partial charge is 0.242 e. The van der Waals surface area contributed by atoms with Gasteiger partial charge in [-0.05, 0) is 48.7 Å². The van der Waals surface area contributed by atoms with E-state index in [2.05, 4.69) is 5.32 Å². The van der Waals surface area contributed by atoms with Crippen LogP contribution in [0.15, 0.2) is 48.5 Å². The van der Waals surface area contributed by atoms with Crippen LogP contribution < -0.4 is 10.1 Å². The van der Waals surface area contributed by atoms with E-state index in [9.17, 15) is 9.59 Å². The molecule has 2 aromatic carbocycles. The summed E-state index contributed by atoms with van der Waals surface area (Å²) in [7, 11) is 1.63. The Morgan fingerprint density at radius 1 is 1.07 bits per heavy atom. The lowest BCUT2D eigenvalue weighted by Gasteiger charge is -2.27. The highest BCUT2D eigenvalue weighted by Gasteiger charge is 2.23. The quantitative estimate of drug-likeness (QED) is 0.753. The molecular formula is C21H25ClN2O3. The normalized spacial score (nSPS) is 11.6. The fourth-order valence-electron chi connectivity index (χ4n) is 2.72. The van der Waals surface area contributed by atoms with Crippen molar-refractivity contribution >= 4 is 23.4 Å². The molecule has 0 bridgehead atoms. The average molecular weight is 389 g/mol. The van der Waals surface area contributed by atoms with Crippen molar-refractivity contribution in [1.82, 2.24) is 10.2 Å². The summed E-state index contributed by atoms with van der Waals surface area (Å²) in [5.74, 6) is 0.478. The Morgan fingerprint density at radius 3 is 2.22 bits per heavy atom. The lowest BCUT2D eigenvalue weighted by atomic mass is 10.1. The number of hydrogen-bond donors (Lipinski definition) is 1. The third kappa shape index (κ3) is 6.29. The Kier molecular flexibility index (Phi) is 7.67. The maximum atomic E-state index is 12.5. The van der Waals surface area contributed by atoms with Gasteiger partial charge in [-0.3, -0.25) is 9.59 Å². The van der Waals surface area contributed by atoms with E-state index < -0.39 is 6.04 Å². The van der Waals surface area contributed by atoms with Gasteiger partial charge in [0.1, 0.15) is 11.8 Å². The molecule has 0 fully saturated rings. The first-order chi connectivity index (χ1) is 12.9. The van der Waals surface area contributed by atoms with Gasteiger partial charge in [0.15, 0.2) is 0 Å². The molecule has 5 nitrogen and oxygen atoms in total. The molecule has 0 saturated carbocycles. The van der Waals surface area contributed by atoms with Crippen molar-refractivity contribution < 1.29 is 14.3 Å². The second-order valence-electron chi connectivity index (χ2n) is 6.34. The summed E-state index contributed by atoms with van der Waals surface area (Å²) in [6, 6.07) is 14.4. The van der Waals surface area contributed by atoms with Gasteiger partial charge in [-0.1, -0.05) is 35.9 Å². The summed E-state index contributed by atoms with van der Waals surface area (Å²) in [5.41, 5.74) is 2.03. The first-order valence-electron chi connectivity index (χ1n) is 8.83. The molecule has 144 valence electrons. The number of amides is 2. The number of halogens is 1. The van der Waals surface area contributed by atoms with Gasteiger partial charge in [-0.25, -0.2) is 0 Å². The number of carbonyl (C=O) groups is 2. The molecule has 0 aliphatic heterocycles. The minimum absolute atomic E-state index is 0.150. The van der Waals surface area contributed by atoms with Crippen LogP contribution in [0.25, 0.3) is 0 Å². The van der Waals surface area contributed by atoms with E-state index in [0.717, 1.165) is 16.9 Å². The zero-order valence-corrected chi connectivity index (χ0v) is 16.6. The Labute approximate surface area is 165 Å². The van der Waals surface area contributed by atoms with Crippen LogP contribution in [0, 0.1) is 0 Å². The number of nitrogens with one attached hydrogen (secondary N) is 1. The number of hydrogen-bond acceptors (Lipinski definition) is 3. The number of nitrogens with zero attached hydrogens (tertiary/aromatic N) is 1. The summed E-state index contributed by atoms with van der Waals surface area (Å²) in [6.07, 6.45) is 0.708. The summed E-state index contributed by atoms with van der Waals surface area (Å²) < 4.78 is 5.13. The first-order valence-corrected chi connectivity index (χ1v) is 9.21. The predicted molar refractivity (Wildman–Crippen MR) is 107 cm³/mol. The molecular weight excluding hydrogens is 364 g/mol. The Bertz CT molecular complexity index is 760. The van der Waals surface area contributed by atoms with E-state index in [1.165, 1.54) is 6.92 Å². The average Bonchev–Trinajstić information content (AvgIpc) is 2.67. The Balaban J connectivity index is 1.89. The van der Waals surface area contributed by atoms with E-state index in [1.807, 2.05) is 36.4 Å². The fourth-order valence-corrected chi connectivity index (χ4v) is 2.84. The van der Waals surface area contributed by atoms with Gasteiger partial charge in [0.05, 0.1) is 7.11 Å². The molecule has 0 radical (unpaired) electrons. The maximum Gasteiger partial charge on any atom is 0.242 e. The Morgan fingerprint density at radius 2 is 1.67 bits per heavy atom. The fraction of sp³-hybridized carbons (Fsp3) is 0.333. The van der Waals surface area contributed by atoms with E-state index in [-0.39, 0.29) is 11.8 Å². The number of benzene rings is 2. The van der Waals surface area contributed by atoms with Crippen LogP contribution in [0.2, 0.25) is 5.02 Å². The van der Waals surface area contributed by atoms with Gasteiger partial charge in [0, 0.05) is 25.0 Å². The van der Waals surface area contributed by atoms with Crippen molar-refractivity contribution in [3.8, 4) is 5.75 Å². The summed E-state index contributed by atoms with van der Waals surface area (Å²) in [4.78, 5) is 26.1. The highest BCUT2D eigenvalue weighted by atomic mass is 35.5. The van der Waals surface area contributed by atoms with Crippen molar-refractivity contribution in [2.75, 3.05) is 13.7 Å². The van der Waals surface area contributed by atoms with E-state index in [4.69, 9.17) is 16.3 Å². The summed E-state index contributed by atoms with van der Waals surface area (Å²) >= 11 is 5.90. The van der Waals surface area contributed by atoms with Gasteiger partial charge in [-0.2, -0.15) is 0 Å². The number of ether oxygens (including phenoxy) is 1. The molecule has 2 amide bonds. The highest BCUT2D eigenvalue weighted by molar-refractivity contribution is 6.30. The summed E-state index contributed by atoms with van der Waals surface area (Å²) in [6.45, 7) is 4.07. The topological polar surface area (TPSA) is 58.6 Å². The molecule has 0 heterocycles. The molecule has 0 aliphatic rings. The number of rotatable bonds is 8. The second kappa shape index (κ2) is 9.97. The monoisotopic (exact) mass is 388 g/mol. The molecule has 6 heteroatoms. The molecule has 0 unspecified atom stereocenters. The zero-order valence-electron chi connectivity index (χ0n) is 15.9. The van der Waals surface area contributed by atoms with Crippen LogP contribution in [0.5, 0.6) is 5.75 Å². The van der Waals surface area contributed by atoms with Gasteiger partial charge in [-0.15, -0.1) is 0 Å². The molecule has 2 rings (SSSR count). The molecule has 1 atom stereocenters. The first kappa shape index (κ1) is 20.8. The van der Waals surface area contributed by atoms with E-state index >= 15 is 0 Å². The minimum atomic E-state index is -0.561. The lowest BCUT2D eigenvalue weighted by Crippen LogP contribution is -2.47. The van der Waals surface area contributed by atoms with Gasteiger partial charge < -0.3 is 15.0 Å². The zero-order chi connectivity index (χ0) is 19.8. The molecule has 27 heavy (non-hydrogen) atoms. The maximum absolute atomic E-state index is 12.5. The van der Waals surface area contributed by atoms with Crippen molar-refractivity contribution in [2.24, 2.45) is 0 Å². The molecule has 1 N–H and O–H groups in total. The molecule has 0 aliphatic carbocycles. The minimum Gasteiger partial charge on any atom is -0.497 e. The molecule has 2 aromatic rings. The molecule has 0 aromatic heterocycles. The van der Waals surface area contributed by atoms with Crippen LogP contribution in [0.1, 0.15) is 25.0 Å². The van der Waals surface area contributed by atoms with Crippen LogP contribution in [0.3, 0.4) is 0 Å². The Hall–Kier alpha value is -2.53. The lowest BCUT2D eigenvalue weighted by molar-refractivity contribution is -0.138. The molecule has 0 spiro atoms. The summed E-state index contributed by atoms with van der Waals surface area (Å²) in [5, 5.41) is 3.54. The number of carbonyl (C=O) groups excluding carboxylic acids is 2. The van der Waals surface area contributed by atoms with Crippen molar-refractivity contribution in [2.45, 2.75) is 32.9 Å². The van der Waals surface area contributed by atoms with Gasteiger partial charge >= 0.3 is 0 Å². The van der Waals surface area contributed by atoms with Crippen LogP contribution >= 0.6 is 11.6 Å². The van der Waals surface area contributed by atoms with Crippen molar-refractivity contribution in [3.05, 3.63) is 64.7 Å².